The van der Waals surface area contributed by atoms with E-state index in [4.69, 9.17) is 8.83 Å². The second-order valence-electron chi connectivity index (χ2n) is 4.51. The molecule has 3 rings (SSSR count). The Bertz CT molecular complexity index is 763. The Hall–Kier alpha value is -2.60. The van der Waals surface area contributed by atoms with Crippen molar-refractivity contribution < 1.29 is 23.1 Å². The average Bonchev–Trinajstić information content (AvgIpc) is 3.13. The van der Waals surface area contributed by atoms with E-state index in [0.717, 1.165) is 0 Å². The smallest absolute Gasteiger partial charge is 0.287 e. The van der Waals surface area contributed by atoms with E-state index in [1.54, 1.807) is 18.2 Å². The van der Waals surface area contributed by atoms with Crippen LogP contribution in [0.5, 0.6) is 0 Å². The summed E-state index contributed by atoms with van der Waals surface area (Å²) in [4.78, 5) is 11.9. The van der Waals surface area contributed by atoms with E-state index in [1.165, 1.54) is 24.5 Å². The van der Waals surface area contributed by atoms with Crippen LogP contribution in [0.1, 0.15) is 22.4 Å². The van der Waals surface area contributed by atoms with E-state index in [1.807, 2.05) is 0 Å². The lowest BCUT2D eigenvalue weighted by molar-refractivity contribution is 0.0876. The highest BCUT2D eigenvalue weighted by molar-refractivity contribution is 5.96. The average molecular weight is 289 g/mol. The van der Waals surface area contributed by atoms with Crippen molar-refractivity contribution in [2.75, 3.05) is 6.54 Å². The van der Waals surface area contributed by atoms with Crippen LogP contribution >= 0.6 is 0 Å². The predicted molar refractivity (Wildman–Crippen MR) is 72.2 cm³/mol. The zero-order valence-corrected chi connectivity index (χ0v) is 10.9. The van der Waals surface area contributed by atoms with Crippen LogP contribution < -0.4 is 5.32 Å². The molecule has 2 aromatic heterocycles. The number of furan rings is 2. The molecular formula is C15H12FNO4. The van der Waals surface area contributed by atoms with Gasteiger partial charge in [0.15, 0.2) is 17.2 Å². The van der Waals surface area contributed by atoms with Gasteiger partial charge < -0.3 is 19.3 Å². The van der Waals surface area contributed by atoms with Gasteiger partial charge in [-0.15, -0.1) is 0 Å². The largest absolute Gasteiger partial charge is 0.467 e. The third-order valence-electron chi connectivity index (χ3n) is 3.05. The van der Waals surface area contributed by atoms with Crippen LogP contribution in [0.15, 0.2) is 51.5 Å². The lowest BCUT2D eigenvalue weighted by Crippen LogP contribution is -2.27. The number of aliphatic hydroxyl groups is 1. The van der Waals surface area contributed by atoms with Gasteiger partial charge in [-0.3, -0.25) is 4.79 Å². The molecular weight excluding hydrogens is 277 g/mol. The van der Waals surface area contributed by atoms with Crippen molar-refractivity contribution in [3.8, 4) is 0 Å². The molecule has 0 fully saturated rings. The SMILES string of the molecule is O=C(NCC(O)c1ccco1)c1cc2cccc(F)c2o1. The summed E-state index contributed by atoms with van der Waals surface area (Å²) < 4.78 is 23.7. The first kappa shape index (κ1) is 13.4. The minimum absolute atomic E-state index is 0.0123. The maximum Gasteiger partial charge on any atom is 0.287 e. The number of hydrogen-bond donors (Lipinski definition) is 2. The fraction of sp³-hybridized carbons (Fsp3) is 0.133. The molecule has 1 atom stereocenters. The molecule has 3 aromatic rings. The van der Waals surface area contributed by atoms with Crippen molar-refractivity contribution in [3.05, 3.63) is 60.0 Å². The van der Waals surface area contributed by atoms with E-state index in [0.29, 0.717) is 11.1 Å². The molecule has 0 aliphatic carbocycles. The van der Waals surface area contributed by atoms with Crippen LogP contribution in [-0.4, -0.2) is 17.6 Å². The van der Waals surface area contributed by atoms with E-state index in [-0.39, 0.29) is 17.9 Å². The zero-order chi connectivity index (χ0) is 14.8. The van der Waals surface area contributed by atoms with E-state index >= 15 is 0 Å². The minimum atomic E-state index is -0.954. The van der Waals surface area contributed by atoms with E-state index in [9.17, 15) is 14.3 Å². The number of fused-ring (bicyclic) bond motifs is 1. The molecule has 0 radical (unpaired) electrons. The highest BCUT2D eigenvalue weighted by atomic mass is 19.1. The number of benzene rings is 1. The number of amides is 1. The first-order valence-electron chi connectivity index (χ1n) is 6.33. The van der Waals surface area contributed by atoms with Gasteiger partial charge in [-0.2, -0.15) is 0 Å². The van der Waals surface area contributed by atoms with Gasteiger partial charge in [-0.05, 0) is 24.3 Å². The zero-order valence-electron chi connectivity index (χ0n) is 10.9. The molecule has 2 heterocycles. The monoisotopic (exact) mass is 289 g/mol. The number of nitrogens with one attached hydrogen (secondary N) is 1. The van der Waals surface area contributed by atoms with Crippen molar-refractivity contribution in [1.29, 1.82) is 0 Å². The lowest BCUT2D eigenvalue weighted by Gasteiger charge is -2.08. The van der Waals surface area contributed by atoms with Gasteiger partial charge in [0.2, 0.25) is 0 Å². The molecule has 0 spiro atoms. The molecule has 0 aliphatic rings. The first-order chi connectivity index (χ1) is 10.1. The van der Waals surface area contributed by atoms with Gasteiger partial charge >= 0.3 is 0 Å². The number of hydrogen-bond acceptors (Lipinski definition) is 4. The second kappa shape index (κ2) is 5.41. The van der Waals surface area contributed by atoms with Crippen LogP contribution in [-0.2, 0) is 0 Å². The van der Waals surface area contributed by atoms with Crippen molar-refractivity contribution in [2.45, 2.75) is 6.10 Å². The van der Waals surface area contributed by atoms with Gasteiger partial charge in [-0.25, -0.2) is 4.39 Å². The fourth-order valence-electron chi connectivity index (χ4n) is 2.00. The summed E-state index contributed by atoms with van der Waals surface area (Å²) in [5, 5.41) is 12.8. The summed E-state index contributed by atoms with van der Waals surface area (Å²) >= 11 is 0. The van der Waals surface area contributed by atoms with Crippen LogP contribution in [0.4, 0.5) is 4.39 Å². The van der Waals surface area contributed by atoms with Crippen molar-refractivity contribution in [1.82, 2.24) is 5.32 Å². The summed E-state index contributed by atoms with van der Waals surface area (Å²) in [5.74, 6) is -0.717. The summed E-state index contributed by atoms with van der Waals surface area (Å²) in [6.07, 6.45) is 0.479. The topological polar surface area (TPSA) is 75.6 Å². The molecule has 2 N–H and O–H groups in total. The summed E-state index contributed by atoms with van der Waals surface area (Å²) in [6, 6.07) is 9.14. The molecule has 0 bridgehead atoms. The van der Waals surface area contributed by atoms with E-state index < -0.39 is 17.8 Å². The normalized spacial score (nSPS) is 12.5. The minimum Gasteiger partial charge on any atom is -0.467 e. The summed E-state index contributed by atoms with van der Waals surface area (Å²) in [7, 11) is 0. The van der Waals surface area contributed by atoms with Gasteiger partial charge in [-0.1, -0.05) is 12.1 Å². The molecule has 5 nitrogen and oxygen atoms in total. The number of aliphatic hydroxyl groups excluding tert-OH is 1. The van der Waals surface area contributed by atoms with E-state index in [2.05, 4.69) is 5.32 Å². The van der Waals surface area contributed by atoms with Gasteiger partial charge in [0.25, 0.3) is 5.91 Å². The molecule has 0 saturated carbocycles. The Labute approximate surface area is 119 Å². The standard InChI is InChI=1S/C15H12FNO4/c16-10-4-1-3-9-7-13(21-14(9)10)15(19)17-8-11(18)12-5-2-6-20-12/h1-7,11,18H,8H2,(H,17,19). The van der Waals surface area contributed by atoms with Crippen molar-refractivity contribution in [2.24, 2.45) is 0 Å². The number of carbonyl (C=O) groups excluding carboxylic acids is 1. The Morgan fingerprint density at radius 3 is 2.90 bits per heavy atom. The van der Waals surface area contributed by atoms with Gasteiger partial charge in [0, 0.05) is 5.39 Å². The summed E-state index contributed by atoms with van der Waals surface area (Å²) in [5.41, 5.74) is 0.0363. The molecule has 1 unspecified atom stereocenters. The van der Waals surface area contributed by atoms with Crippen molar-refractivity contribution in [3.63, 3.8) is 0 Å². The molecule has 0 saturated heterocycles. The maximum absolute atomic E-state index is 13.5. The number of rotatable bonds is 4. The molecule has 0 aliphatic heterocycles. The Morgan fingerprint density at radius 1 is 1.33 bits per heavy atom. The summed E-state index contributed by atoms with van der Waals surface area (Å²) in [6.45, 7) is -0.0358. The predicted octanol–water partition coefficient (Wildman–Crippen LogP) is 2.63. The molecule has 1 aromatic carbocycles. The lowest BCUT2D eigenvalue weighted by atomic mass is 10.2. The van der Waals surface area contributed by atoms with Gasteiger partial charge in [0.05, 0.1) is 12.8 Å². The van der Waals surface area contributed by atoms with Crippen LogP contribution in [0.3, 0.4) is 0 Å². The third-order valence-corrected chi connectivity index (χ3v) is 3.05. The quantitative estimate of drug-likeness (QED) is 0.774. The van der Waals surface area contributed by atoms with Crippen LogP contribution in [0.2, 0.25) is 0 Å². The van der Waals surface area contributed by atoms with Crippen LogP contribution in [0, 0.1) is 5.82 Å². The number of carbonyl (C=O) groups is 1. The Balaban J connectivity index is 1.71. The maximum atomic E-state index is 13.5. The molecule has 1 amide bonds. The van der Waals surface area contributed by atoms with Crippen LogP contribution in [0.25, 0.3) is 11.0 Å². The van der Waals surface area contributed by atoms with Gasteiger partial charge in [0.1, 0.15) is 11.9 Å². The molecule has 108 valence electrons. The first-order valence-corrected chi connectivity index (χ1v) is 6.33. The Kier molecular flexibility index (Phi) is 3.45. The third kappa shape index (κ3) is 2.66. The molecule has 6 heteroatoms. The number of para-hydroxylation sites is 1. The Morgan fingerprint density at radius 2 is 2.19 bits per heavy atom. The van der Waals surface area contributed by atoms with Crippen molar-refractivity contribution >= 4 is 16.9 Å². The fourth-order valence-corrected chi connectivity index (χ4v) is 2.00. The molecule has 21 heavy (non-hydrogen) atoms. The number of halogens is 1. The highest BCUT2D eigenvalue weighted by Crippen LogP contribution is 2.22. The highest BCUT2D eigenvalue weighted by Gasteiger charge is 2.17. The second-order valence-corrected chi connectivity index (χ2v) is 4.51.